The highest BCUT2D eigenvalue weighted by Gasteiger charge is 2.32. The number of hydrogen-bond acceptors (Lipinski definition) is 4. The lowest BCUT2D eigenvalue weighted by Gasteiger charge is -2.32. The van der Waals surface area contributed by atoms with Crippen LogP contribution in [0, 0.1) is 6.92 Å². The minimum Gasteiger partial charge on any atom is -0.352 e. The van der Waals surface area contributed by atoms with Gasteiger partial charge in [-0.15, -0.1) is 0 Å². The van der Waals surface area contributed by atoms with Gasteiger partial charge in [-0.1, -0.05) is 65.3 Å². The van der Waals surface area contributed by atoms with Crippen molar-refractivity contribution in [3.8, 4) is 0 Å². The van der Waals surface area contributed by atoms with Gasteiger partial charge in [0.05, 0.1) is 10.6 Å². The highest BCUT2D eigenvalue weighted by atomic mass is 79.9. The summed E-state index contributed by atoms with van der Waals surface area (Å²) in [7, 11) is -4.08. The maximum Gasteiger partial charge on any atom is 0.264 e. The minimum atomic E-state index is -4.08. The highest BCUT2D eigenvalue weighted by molar-refractivity contribution is 9.10. The second kappa shape index (κ2) is 13.1. The summed E-state index contributed by atoms with van der Waals surface area (Å²) in [5.41, 5.74) is 2.20. The SMILES string of the molecule is CCC(C)NC(=O)C(C)N(Cc1ccccc1C)C(=O)CN(c1ccc(Br)cc1)S(=O)(=O)c1ccccc1. The molecule has 0 aliphatic carbocycles. The first-order chi connectivity index (χ1) is 18.0. The molecule has 38 heavy (non-hydrogen) atoms. The van der Waals surface area contributed by atoms with Crippen molar-refractivity contribution in [2.75, 3.05) is 10.8 Å². The standard InChI is InChI=1S/C29H34BrN3O4S/c1-5-22(3)31-29(35)23(4)32(19-24-12-10-9-11-21(24)2)28(34)20-33(26-17-15-25(30)16-18-26)38(36,37)27-13-7-6-8-14-27/h6-18,22-23H,5,19-20H2,1-4H3,(H,31,35). The molecule has 2 atom stereocenters. The van der Waals surface area contributed by atoms with Crippen LogP contribution >= 0.6 is 15.9 Å². The first kappa shape index (κ1) is 29.4. The summed E-state index contributed by atoms with van der Waals surface area (Å²) in [6.45, 7) is 7.18. The molecule has 2 unspecified atom stereocenters. The molecule has 0 bridgehead atoms. The van der Waals surface area contributed by atoms with Gasteiger partial charge in [-0.05, 0) is 74.7 Å². The molecule has 3 rings (SSSR count). The van der Waals surface area contributed by atoms with E-state index in [9.17, 15) is 18.0 Å². The maximum atomic E-state index is 13.9. The van der Waals surface area contributed by atoms with Gasteiger partial charge in [-0.3, -0.25) is 13.9 Å². The molecule has 0 radical (unpaired) electrons. The molecule has 0 aliphatic heterocycles. The number of nitrogens with one attached hydrogen (secondary N) is 1. The van der Waals surface area contributed by atoms with Gasteiger partial charge in [0.15, 0.2) is 0 Å². The van der Waals surface area contributed by atoms with Crippen LogP contribution in [0.4, 0.5) is 5.69 Å². The molecule has 0 fully saturated rings. The van der Waals surface area contributed by atoms with Crippen molar-refractivity contribution in [2.45, 2.75) is 57.6 Å². The smallest absolute Gasteiger partial charge is 0.264 e. The Morgan fingerprint density at radius 2 is 1.53 bits per heavy atom. The predicted molar refractivity (Wildman–Crippen MR) is 154 cm³/mol. The largest absolute Gasteiger partial charge is 0.352 e. The summed E-state index contributed by atoms with van der Waals surface area (Å²) in [6, 6.07) is 21.5. The van der Waals surface area contributed by atoms with Gasteiger partial charge < -0.3 is 10.2 Å². The van der Waals surface area contributed by atoms with Gasteiger partial charge >= 0.3 is 0 Å². The number of sulfonamides is 1. The molecule has 0 spiro atoms. The first-order valence-corrected chi connectivity index (χ1v) is 14.8. The van der Waals surface area contributed by atoms with Crippen molar-refractivity contribution in [2.24, 2.45) is 0 Å². The van der Waals surface area contributed by atoms with Crippen LogP contribution in [0.1, 0.15) is 38.3 Å². The van der Waals surface area contributed by atoms with Crippen LogP contribution in [0.15, 0.2) is 88.2 Å². The van der Waals surface area contributed by atoms with E-state index in [1.165, 1.54) is 17.0 Å². The molecule has 0 heterocycles. The number of hydrogen-bond donors (Lipinski definition) is 1. The molecule has 2 amide bonds. The van der Waals surface area contributed by atoms with Gasteiger partial charge in [-0.2, -0.15) is 0 Å². The Morgan fingerprint density at radius 3 is 2.13 bits per heavy atom. The van der Waals surface area contributed by atoms with E-state index in [-0.39, 0.29) is 23.4 Å². The van der Waals surface area contributed by atoms with Crippen molar-refractivity contribution < 1.29 is 18.0 Å². The Labute approximate surface area is 234 Å². The van der Waals surface area contributed by atoms with E-state index in [0.717, 1.165) is 26.3 Å². The zero-order valence-corrected chi connectivity index (χ0v) is 24.5. The fourth-order valence-electron chi connectivity index (χ4n) is 3.87. The number of amides is 2. The molecule has 0 saturated heterocycles. The van der Waals surface area contributed by atoms with Crippen molar-refractivity contribution in [1.29, 1.82) is 0 Å². The fraction of sp³-hybridized carbons (Fsp3) is 0.310. The van der Waals surface area contributed by atoms with E-state index < -0.39 is 28.5 Å². The van der Waals surface area contributed by atoms with Crippen LogP contribution in [-0.4, -0.2) is 43.8 Å². The summed E-state index contributed by atoms with van der Waals surface area (Å²) in [5.74, 6) is -0.773. The third-order valence-electron chi connectivity index (χ3n) is 6.49. The van der Waals surface area contributed by atoms with Crippen molar-refractivity contribution in [3.63, 3.8) is 0 Å². The first-order valence-electron chi connectivity index (χ1n) is 12.5. The predicted octanol–water partition coefficient (Wildman–Crippen LogP) is 5.28. The van der Waals surface area contributed by atoms with Gasteiger partial charge in [0, 0.05) is 17.1 Å². The molecule has 1 N–H and O–H groups in total. The molecular weight excluding hydrogens is 566 g/mol. The van der Waals surface area contributed by atoms with E-state index in [4.69, 9.17) is 0 Å². The Balaban J connectivity index is 2.02. The van der Waals surface area contributed by atoms with E-state index in [0.29, 0.717) is 5.69 Å². The van der Waals surface area contributed by atoms with Crippen molar-refractivity contribution >= 4 is 43.5 Å². The molecule has 3 aromatic carbocycles. The van der Waals surface area contributed by atoms with Crippen molar-refractivity contribution in [3.05, 3.63) is 94.5 Å². The van der Waals surface area contributed by atoms with E-state index >= 15 is 0 Å². The quantitative estimate of drug-likeness (QED) is 0.324. The van der Waals surface area contributed by atoms with Crippen LogP contribution in [0.5, 0.6) is 0 Å². The normalized spacial score (nSPS) is 12.9. The molecule has 202 valence electrons. The molecular formula is C29H34BrN3O4S. The van der Waals surface area contributed by atoms with Crippen LogP contribution in [-0.2, 0) is 26.2 Å². The van der Waals surface area contributed by atoms with Crippen LogP contribution in [0.3, 0.4) is 0 Å². The highest BCUT2D eigenvalue weighted by Crippen LogP contribution is 2.26. The average molecular weight is 601 g/mol. The van der Waals surface area contributed by atoms with Gasteiger partial charge in [-0.25, -0.2) is 8.42 Å². The number of carbonyl (C=O) groups is 2. The van der Waals surface area contributed by atoms with Crippen molar-refractivity contribution in [1.82, 2.24) is 10.2 Å². The molecule has 0 aromatic heterocycles. The third kappa shape index (κ3) is 7.23. The number of anilines is 1. The summed E-state index contributed by atoms with van der Waals surface area (Å²) >= 11 is 3.38. The Morgan fingerprint density at radius 1 is 0.921 bits per heavy atom. The fourth-order valence-corrected chi connectivity index (χ4v) is 5.57. The lowest BCUT2D eigenvalue weighted by Crippen LogP contribution is -2.52. The number of aryl methyl sites for hydroxylation is 1. The lowest BCUT2D eigenvalue weighted by molar-refractivity contribution is -0.139. The average Bonchev–Trinajstić information content (AvgIpc) is 2.91. The Hall–Kier alpha value is -3.17. The van der Waals surface area contributed by atoms with E-state index in [2.05, 4.69) is 21.2 Å². The molecule has 3 aromatic rings. The lowest BCUT2D eigenvalue weighted by atomic mass is 10.1. The van der Waals surface area contributed by atoms with E-state index in [1.807, 2.05) is 45.0 Å². The summed E-state index contributed by atoms with van der Waals surface area (Å²) < 4.78 is 29.4. The topological polar surface area (TPSA) is 86.8 Å². The second-order valence-electron chi connectivity index (χ2n) is 9.24. The molecule has 0 aliphatic rings. The zero-order chi connectivity index (χ0) is 27.9. The zero-order valence-electron chi connectivity index (χ0n) is 22.1. The molecule has 7 nitrogen and oxygen atoms in total. The Kier molecular flexibility index (Phi) is 10.1. The summed E-state index contributed by atoms with van der Waals surface area (Å²) in [4.78, 5) is 28.5. The number of benzene rings is 3. The van der Waals surface area contributed by atoms with Gasteiger partial charge in [0.25, 0.3) is 10.0 Å². The number of nitrogens with zero attached hydrogens (tertiary/aromatic N) is 2. The monoisotopic (exact) mass is 599 g/mol. The minimum absolute atomic E-state index is 0.0573. The molecule has 0 saturated carbocycles. The number of carbonyl (C=O) groups excluding carboxylic acids is 2. The second-order valence-corrected chi connectivity index (χ2v) is 12.0. The van der Waals surface area contributed by atoms with Gasteiger partial charge in [0.2, 0.25) is 11.8 Å². The maximum absolute atomic E-state index is 13.9. The summed E-state index contributed by atoms with van der Waals surface area (Å²) in [6.07, 6.45) is 0.747. The summed E-state index contributed by atoms with van der Waals surface area (Å²) in [5, 5.41) is 2.94. The number of rotatable bonds is 11. The molecule has 9 heteroatoms. The van der Waals surface area contributed by atoms with Gasteiger partial charge in [0.1, 0.15) is 12.6 Å². The third-order valence-corrected chi connectivity index (χ3v) is 8.81. The van der Waals surface area contributed by atoms with Crippen LogP contribution in [0.2, 0.25) is 0 Å². The van der Waals surface area contributed by atoms with Crippen LogP contribution < -0.4 is 9.62 Å². The van der Waals surface area contributed by atoms with Crippen LogP contribution in [0.25, 0.3) is 0 Å². The Bertz CT molecular complexity index is 1350. The van der Waals surface area contributed by atoms with E-state index in [1.54, 1.807) is 49.4 Å². The number of halogens is 1.